The van der Waals surface area contributed by atoms with Gasteiger partial charge in [0.25, 0.3) is 0 Å². The Morgan fingerprint density at radius 3 is 3.00 bits per heavy atom. The Labute approximate surface area is 102 Å². The summed E-state index contributed by atoms with van der Waals surface area (Å²) in [7, 11) is 0. The van der Waals surface area contributed by atoms with E-state index in [-0.39, 0.29) is 11.9 Å². The van der Waals surface area contributed by atoms with E-state index in [0.717, 1.165) is 38.0 Å². The molecule has 0 aliphatic carbocycles. The van der Waals surface area contributed by atoms with Crippen molar-refractivity contribution >= 4 is 0 Å². The first kappa shape index (κ1) is 12.5. The topological polar surface area (TPSA) is 21.3 Å². The predicted molar refractivity (Wildman–Crippen MR) is 66.5 cm³/mol. The molecule has 0 amide bonds. The van der Waals surface area contributed by atoms with Gasteiger partial charge < -0.3 is 10.1 Å². The highest BCUT2D eigenvalue weighted by Gasteiger charge is 2.16. The third kappa shape index (κ3) is 3.79. The first-order chi connectivity index (χ1) is 8.25. The van der Waals surface area contributed by atoms with Gasteiger partial charge in [-0.2, -0.15) is 0 Å². The molecule has 17 heavy (non-hydrogen) atoms. The highest BCUT2D eigenvalue weighted by atomic mass is 19.1. The van der Waals surface area contributed by atoms with E-state index in [4.69, 9.17) is 4.74 Å². The summed E-state index contributed by atoms with van der Waals surface area (Å²) >= 11 is 0. The predicted octanol–water partition coefficient (Wildman–Crippen LogP) is 2.53. The third-order valence-corrected chi connectivity index (χ3v) is 3.16. The number of hydrogen-bond donors (Lipinski definition) is 1. The van der Waals surface area contributed by atoms with Crippen molar-refractivity contribution in [1.29, 1.82) is 0 Å². The lowest BCUT2D eigenvalue weighted by Gasteiger charge is -2.26. The normalized spacial score (nSPS) is 22.4. The standard InChI is InChI=1S/C14H20FNO/c1-11(16-13-6-4-8-17-10-13)9-12-5-2-3-7-14(12)15/h2-3,5,7,11,13,16H,4,6,8-10H2,1H3. The molecule has 2 nitrogen and oxygen atoms in total. The Kier molecular flexibility index (Phi) is 4.51. The highest BCUT2D eigenvalue weighted by molar-refractivity contribution is 5.18. The van der Waals surface area contributed by atoms with Crippen LogP contribution in [0.15, 0.2) is 24.3 Å². The van der Waals surface area contributed by atoms with Gasteiger partial charge in [-0.05, 0) is 37.8 Å². The minimum absolute atomic E-state index is 0.110. The van der Waals surface area contributed by atoms with Crippen LogP contribution in [0.3, 0.4) is 0 Å². The van der Waals surface area contributed by atoms with Crippen LogP contribution in [0.2, 0.25) is 0 Å². The lowest BCUT2D eigenvalue weighted by Crippen LogP contribution is -2.42. The van der Waals surface area contributed by atoms with Gasteiger partial charge >= 0.3 is 0 Å². The van der Waals surface area contributed by atoms with Gasteiger partial charge in [-0.3, -0.25) is 0 Å². The number of halogens is 1. The second-order valence-corrected chi connectivity index (χ2v) is 4.78. The zero-order valence-electron chi connectivity index (χ0n) is 10.3. The number of nitrogens with one attached hydrogen (secondary N) is 1. The second kappa shape index (κ2) is 6.12. The number of rotatable bonds is 4. The Morgan fingerprint density at radius 2 is 2.29 bits per heavy atom. The van der Waals surface area contributed by atoms with Crippen molar-refractivity contribution in [2.45, 2.75) is 38.3 Å². The van der Waals surface area contributed by atoms with Gasteiger partial charge in [-0.25, -0.2) is 4.39 Å². The third-order valence-electron chi connectivity index (χ3n) is 3.16. The van der Waals surface area contributed by atoms with Crippen molar-refractivity contribution in [3.8, 4) is 0 Å². The molecule has 1 aliphatic rings. The molecule has 2 unspecified atom stereocenters. The van der Waals surface area contributed by atoms with E-state index in [9.17, 15) is 4.39 Å². The van der Waals surface area contributed by atoms with Crippen LogP contribution in [0.1, 0.15) is 25.3 Å². The molecule has 0 saturated carbocycles. The van der Waals surface area contributed by atoms with E-state index in [1.165, 1.54) is 6.07 Å². The fraction of sp³-hybridized carbons (Fsp3) is 0.571. The van der Waals surface area contributed by atoms with E-state index in [1.807, 2.05) is 12.1 Å². The van der Waals surface area contributed by atoms with E-state index in [2.05, 4.69) is 12.2 Å². The Hall–Kier alpha value is -0.930. The molecule has 3 heteroatoms. The van der Waals surface area contributed by atoms with Crippen molar-refractivity contribution in [2.75, 3.05) is 13.2 Å². The van der Waals surface area contributed by atoms with Crippen LogP contribution < -0.4 is 5.32 Å². The second-order valence-electron chi connectivity index (χ2n) is 4.78. The van der Waals surface area contributed by atoms with Gasteiger partial charge in [0.1, 0.15) is 5.82 Å². The van der Waals surface area contributed by atoms with Crippen LogP contribution in [0.5, 0.6) is 0 Å². The summed E-state index contributed by atoms with van der Waals surface area (Å²) in [6.07, 6.45) is 2.99. The Balaban J connectivity index is 1.84. The first-order valence-corrected chi connectivity index (χ1v) is 6.33. The van der Waals surface area contributed by atoms with Gasteiger partial charge in [0, 0.05) is 18.7 Å². The smallest absolute Gasteiger partial charge is 0.126 e. The summed E-state index contributed by atoms with van der Waals surface area (Å²) in [5.41, 5.74) is 0.782. The van der Waals surface area contributed by atoms with Crippen LogP contribution in [0.4, 0.5) is 4.39 Å². The van der Waals surface area contributed by atoms with Crippen molar-refractivity contribution < 1.29 is 9.13 Å². The maximum atomic E-state index is 13.5. The Bertz CT molecular complexity index is 350. The van der Waals surface area contributed by atoms with E-state index in [0.29, 0.717) is 6.04 Å². The SMILES string of the molecule is CC(Cc1ccccc1F)NC1CCCOC1. The number of benzene rings is 1. The summed E-state index contributed by atoms with van der Waals surface area (Å²) in [5, 5.41) is 3.50. The largest absolute Gasteiger partial charge is 0.380 e. The average molecular weight is 237 g/mol. The van der Waals surface area contributed by atoms with Crippen molar-refractivity contribution in [2.24, 2.45) is 0 Å². The van der Waals surface area contributed by atoms with Crippen molar-refractivity contribution in [3.63, 3.8) is 0 Å². The van der Waals surface area contributed by atoms with Gasteiger partial charge in [-0.1, -0.05) is 18.2 Å². The maximum Gasteiger partial charge on any atom is 0.126 e. The maximum absolute atomic E-state index is 13.5. The lowest BCUT2D eigenvalue weighted by atomic mass is 10.0. The minimum atomic E-state index is -0.110. The van der Waals surface area contributed by atoms with Crippen LogP contribution in [-0.4, -0.2) is 25.3 Å². The van der Waals surface area contributed by atoms with Gasteiger partial charge in [0.2, 0.25) is 0 Å². The van der Waals surface area contributed by atoms with Gasteiger partial charge in [0.05, 0.1) is 6.61 Å². The number of ether oxygens (including phenoxy) is 1. The fourth-order valence-electron chi connectivity index (χ4n) is 2.33. The number of hydrogen-bond acceptors (Lipinski definition) is 2. The van der Waals surface area contributed by atoms with Crippen LogP contribution in [0, 0.1) is 5.82 Å². The quantitative estimate of drug-likeness (QED) is 0.869. The van der Waals surface area contributed by atoms with Gasteiger partial charge in [0.15, 0.2) is 0 Å². The van der Waals surface area contributed by atoms with Crippen molar-refractivity contribution in [1.82, 2.24) is 5.32 Å². The average Bonchev–Trinajstić information content (AvgIpc) is 2.33. The first-order valence-electron chi connectivity index (χ1n) is 6.33. The molecule has 1 N–H and O–H groups in total. The van der Waals surface area contributed by atoms with E-state index >= 15 is 0 Å². The zero-order chi connectivity index (χ0) is 12.1. The summed E-state index contributed by atoms with van der Waals surface area (Å²) < 4.78 is 18.9. The molecule has 0 spiro atoms. The fourth-order valence-corrected chi connectivity index (χ4v) is 2.33. The molecule has 1 saturated heterocycles. The molecule has 2 atom stereocenters. The Morgan fingerprint density at radius 1 is 1.47 bits per heavy atom. The molecule has 94 valence electrons. The molecule has 0 radical (unpaired) electrons. The highest BCUT2D eigenvalue weighted by Crippen LogP contribution is 2.11. The monoisotopic (exact) mass is 237 g/mol. The molecule has 1 aromatic carbocycles. The van der Waals surface area contributed by atoms with Crippen LogP contribution in [0.25, 0.3) is 0 Å². The molecule has 1 fully saturated rings. The van der Waals surface area contributed by atoms with Crippen molar-refractivity contribution in [3.05, 3.63) is 35.6 Å². The molecule has 0 aromatic heterocycles. The van der Waals surface area contributed by atoms with E-state index < -0.39 is 0 Å². The van der Waals surface area contributed by atoms with Crippen LogP contribution >= 0.6 is 0 Å². The summed E-state index contributed by atoms with van der Waals surface area (Å²) in [4.78, 5) is 0. The summed E-state index contributed by atoms with van der Waals surface area (Å²) in [6.45, 7) is 3.75. The zero-order valence-corrected chi connectivity index (χ0v) is 10.3. The molecular weight excluding hydrogens is 217 g/mol. The molecule has 1 aromatic rings. The molecule has 0 bridgehead atoms. The minimum Gasteiger partial charge on any atom is -0.380 e. The van der Waals surface area contributed by atoms with E-state index in [1.54, 1.807) is 6.07 Å². The molecular formula is C14H20FNO. The summed E-state index contributed by atoms with van der Waals surface area (Å²) in [5.74, 6) is -0.110. The summed E-state index contributed by atoms with van der Waals surface area (Å²) in [6, 6.07) is 7.68. The molecule has 1 heterocycles. The molecule has 2 rings (SSSR count). The lowest BCUT2D eigenvalue weighted by molar-refractivity contribution is 0.0671. The van der Waals surface area contributed by atoms with Crippen LogP contribution in [-0.2, 0) is 11.2 Å². The van der Waals surface area contributed by atoms with Gasteiger partial charge in [-0.15, -0.1) is 0 Å². The molecule has 1 aliphatic heterocycles.